The highest BCUT2D eigenvalue weighted by molar-refractivity contribution is 9.10. The van der Waals surface area contributed by atoms with E-state index in [0.717, 1.165) is 21.2 Å². The Labute approximate surface area is 176 Å². The van der Waals surface area contributed by atoms with Crippen molar-refractivity contribution in [3.63, 3.8) is 0 Å². The summed E-state index contributed by atoms with van der Waals surface area (Å²) >= 11 is 9.32. The minimum absolute atomic E-state index is 0.120. The van der Waals surface area contributed by atoms with Crippen molar-refractivity contribution >= 4 is 39.4 Å². The molecule has 0 aliphatic carbocycles. The molecule has 3 aromatic rings. The summed E-state index contributed by atoms with van der Waals surface area (Å²) in [5.74, 6) is 1.44. The van der Waals surface area contributed by atoms with Crippen LogP contribution in [-0.2, 0) is 6.61 Å². The zero-order valence-corrected chi connectivity index (χ0v) is 17.4. The van der Waals surface area contributed by atoms with Gasteiger partial charge in [0.05, 0.1) is 5.56 Å². The van der Waals surface area contributed by atoms with Gasteiger partial charge in [-0.3, -0.25) is 4.79 Å². The maximum atomic E-state index is 12.7. The van der Waals surface area contributed by atoms with Gasteiger partial charge < -0.3 is 9.47 Å². The van der Waals surface area contributed by atoms with E-state index in [-0.39, 0.29) is 5.78 Å². The van der Waals surface area contributed by atoms with E-state index in [1.807, 2.05) is 61.5 Å². The largest absolute Gasteiger partial charge is 0.488 e. The van der Waals surface area contributed by atoms with Gasteiger partial charge >= 0.3 is 0 Å². The Kier molecular flexibility index (Phi) is 5.25. The van der Waals surface area contributed by atoms with E-state index in [0.29, 0.717) is 34.5 Å². The van der Waals surface area contributed by atoms with Crippen LogP contribution in [0.1, 0.15) is 27.0 Å². The standard InChI is InChI=1S/C23H16BrClO3/c1-14-20(27-13-16-4-8-18(25)9-5-16)11-10-19-22(26)21(28-23(14)19)12-15-2-6-17(24)7-3-15/h2-12H,13H2,1H3/b21-12-. The van der Waals surface area contributed by atoms with Gasteiger partial charge in [-0.15, -0.1) is 0 Å². The highest BCUT2D eigenvalue weighted by Crippen LogP contribution is 2.39. The van der Waals surface area contributed by atoms with Gasteiger partial charge in [-0.25, -0.2) is 0 Å². The van der Waals surface area contributed by atoms with Crippen molar-refractivity contribution in [3.8, 4) is 11.5 Å². The number of hydrogen-bond acceptors (Lipinski definition) is 3. The summed E-state index contributed by atoms with van der Waals surface area (Å²) in [5.41, 5.74) is 3.27. The van der Waals surface area contributed by atoms with Gasteiger partial charge in [0.2, 0.25) is 5.78 Å². The summed E-state index contributed by atoms with van der Waals surface area (Å²) in [6.45, 7) is 2.30. The molecule has 0 aromatic heterocycles. The van der Waals surface area contributed by atoms with Gasteiger partial charge in [0.25, 0.3) is 0 Å². The zero-order chi connectivity index (χ0) is 19.7. The molecule has 0 unspecified atom stereocenters. The predicted octanol–water partition coefficient (Wildman–Crippen LogP) is 6.61. The summed E-state index contributed by atoms with van der Waals surface area (Å²) in [5, 5.41) is 0.689. The van der Waals surface area contributed by atoms with Gasteiger partial charge in [-0.1, -0.05) is 51.8 Å². The van der Waals surface area contributed by atoms with E-state index >= 15 is 0 Å². The van der Waals surface area contributed by atoms with Crippen LogP contribution in [0.5, 0.6) is 11.5 Å². The average Bonchev–Trinajstić information content (AvgIpc) is 3.01. The lowest BCUT2D eigenvalue weighted by molar-refractivity contribution is 0.101. The maximum Gasteiger partial charge on any atom is 0.231 e. The lowest BCUT2D eigenvalue weighted by Crippen LogP contribution is -1.98. The third kappa shape index (κ3) is 3.84. The number of carbonyl (C=O) groups excluding carboxylic acids is 1. The quantitative estimate of drug-likeness (QED) is 0.415. The van der Waals surface area contributed by atoms with Crippen LogP contribution in [-0.4, -0.2) is 5.78 Å². The molecule has 0 spiro atoms. The second kappa shape index (κ2) is 7.82. The number of ketones is 1. The molecule has 3 nitrogen and oxygen atoms in total. The summed E-state index contributed by atoms with van der Waals surface area (Å²) < 4.78 is 12.8. The molecule has 1 heterocycles. The van der Waals surface area contributed by atoms with Crippen LogP contribution in [0.15, 0.2) is 70.9 Å². The molecule has 1 aliphatic rings. The normalized spacial score (nSPS) is 14.1. The number of allylic oxidation sites excluding steroid dienone is 1. The zero-order valence-electron chi connectivity index (χ0n) is 15.0. The highest BCUT2D eigenvalue weighted by Gasteiger charge is 2.30. The Morgan fingerprint density at radius 1 is 1.04 bits per heavy atom. The molecule has 0 atom stereocenters. The number of fused-ring (bicyclic) bond motifs is 1. The maximum absolute atomic E-state index is 12.7. The minimum atomic E-state index is -0.120. The van der Waals surface area contributed by atoms with Crippen molar-refractivity contribution in [2.75, 3.05) is 0 Å². The fourth-order valence-electron chi connectivity index (χ4n) is 2.98. The van der Waals surface area contributed by atoms with E-state index in [2.05, 4.69) is 15.9 Å². The first kappa shape index (κ1) is 18.8. The summed E-state index contributed by atoms with van der Waals surface area (Å²) in [6.07, 6.45) is 1.75. The monoisotopic (exact) mass is 454 g/mol. The van der Waals surface area contributed by atoms with Crippen molar-refractivity contribution in [2.45, 2.75) is 13.5 Å². The number of hydrogen-bond donors (Lipinski definition) is 0. The SMILES string of the molecule is Cc1c(OCc2ccc(Cl)cc2)ccc2c1O/C(=C\c1ccc(Br)cc1)C2=O. The van der Waals surface area contributed by atoms with E-state index in [4.69, 9.17) is 21.1 Å². The number of benzene rings is 3. The molecule has 0 amide bonds. The highest BCUT2D eigenvalue weighted by atomic mass is 79.9. The van der Waals surface area contributed by atoms with Crippen molar-refractivity contribution in [2.24, 2.45) is 0 Å². The summed E-state index contributed by atoms with van der Waals surface area (Å²) in [7, 11) is 0. The van der Waals surface area contributed by atoms with Crippen LogP contribution < -0.4 is 9.47 Å². The van der Waals surface area contributed by atoms with E-state index < -0.39 is 0 Å². The van der Waals surface area contributed by atoms with Crippen LogP contribution >= 0.6 is 27.5 Å². The topological polar surface area (TPSA) is 35.5 Å². The molecular formula is C23H16BrClO3. The van der Waals surface area contributed by atoms with Crippen LogP contribution in [0, 0.1) is 6.92 Å². The fourth-order valence-corrected chi connectivity index (χ4v) is 3.37. The molecule has 4 rings (SSSR count). The van der Waals surface area contributed by atoms with Gasteiger partial charge in [0.15, 0.2) is 5.76 Å². The summed E-state index contributed by atoms with van der Waals surface area (Å²) in [6, 6.07) is 18.8. The number of halogens is 2. The van der Waals surface area contributed by atoms with Crippen LogP contribution in [0.25, 0.3) is 6.08 Å². The Hall–Kier alpha value is -2.56. The Balaban J connectivity index is 1.56. The molecule has 5 heteroatoms. The Morgan fingerprint density at radius 2 is 1.75 bits per heavy atom. The summed E-state index contributed by atoms with van der Waals surface area (Å²) in [4.78, 5) is 12.7. The third-order valence-electron chi connectivity index (χ3n) is 4.51. The van der Waals surface area contributed by atoms with E-state index in [1.54, 1.807) is 12.1 Å². The first-order valence-electron chi connectivity index (χ1n) is 8.72. The fraction of sp³-hybridized carbons (Fsp3) is 0.0870. The van der Waals surface area contributed by atoms with E-state index in [9.17, 15) is 4.79 Å². The van der Waals surface area contributed by atoms with Crippen molar-refractivity contribution in [1.29, 1.82) is 0 Å². The first-order valence-corrected chi connectivity index (χ1v) is 9.89. The molecule has 0 radical (unpaired) electrons. The number of carbonyl (C=O) groups is 1. The molecule has 3 aromatic carbocycles. The van der Waals surface area contributed by atoms with Crippen molar-refractivity contribution in [1.82, 2.24) is 0 Å². The van der Waals surface area contributed by atoms with Gasteiger partial charge in [0, 0.05) is 15.1 Å². The second-order valence-corrected chi connectivity index (χ2v) is 7.82. The van der Waals surface area contributed by atoms with Crippen LogP contribution in [0.4, 0.5) is 0 Å². The molecule has 0 bridgehead atoms. The smallest absolute Gasteiger partial charge is 0.231 e. The second-order valence-electron chi connectivity index (χ2n) is 6.47. The van der Waals surface area contributed by atoms with Crippen molar-refractivity contribution < 1.29 is 14.3 Å². The van der Waals surface area contributed by atoms with Gasteiger partial charge in [0.1, 0.15) is 18.1 Å². The molecular weight excluding hydrogens is 440 g/mol. The van der Waals surface area contributed by atoms with E-state index in [1.165, 1.54) is 0 Å². The predicted molar refractivity (Wildman–Crippen MR) is 114 cm³/mol. The Bertz CT molecular complexity index is 1070. The molecule has 28 heavy (non-hydrogen) atoms. The van der Waals surface area contributed by atoms with Gasteiger partial charge in [-0.2, -0.15) is 0 Å². The van der Waals surface area contributed by atoms with Crippen LogP contribution in [0.2, 0.25) is 5.02 Å². The van der Waals surface area contributed by atoms with Gasteiger partial charge in [-0.05, 0) is 60.5 Å². The number of Topliss-reactive ketones (excluding diaryl/α,β-unsaturated/α-hetero) is 1. The number of ether oxygens (including phenoxy) is 2. The minimum Gasteiger partial charge on any atom is -0.488 e. The molecule has 140 valence electrons. The lowest BCUT2D eigenvalue weighted by atomic mass is 10.1. The molecule has 1 aliphatic heterocycles. The third-order valence-corrected chi connectivity index (χ3v) is 5.29. The lowest BCUT2D eigenvalue weighted by Gasteiger charge is -2.11. The van der Waals surface area contributed by atoms with Crippen LogP contribution in [0.3, 0.4) is 0 Å². The number of rotatable bonds is 4. The molecule has 0 N–H and O–H groups in total. The molecule has 0 fully saturated rings. The average molecular weight is 456 g/mol. The Morgan fingerprint density at radius 3 is 2.46 bits per heavy atom. The first-order chi connectivity index (χ1) is 13.5. The van der Waals surface area contributed by atoms with Crippen molar-refractivity contribution in [3.05, 3.63) is 98.2 Å². The molecule has 0 saturated carbocycles. The molecule has 0 saturated heterocycles.